The zero-order valence-corrected chi connectivity index (χ0v) is 10.2. The van der Waals surface area contributed by atoms with Crippen LogP contribution in [0.15, 0.2) is 30.7 Å². The first kappa shape index (κ1) is 11.6. The highest BCUT2D eigenvalue weighted by molar-refractivity contribution is 5.34. The van der Waals surface area contributed by atoms with Gasteiger partial charge >= 0.3 is 0 Å². The van der Waals surface area contributed by atoms with Gasteiger partial charge < -0.3 is 5.73 Å². The number of pyridine rings is 1. The van der Waals surface area contributed by atoms with Crippen molar-refractivity contribution in [3.05, 3.63) is 42.0 Å². The van der Waals surface area contributed by atoms with Gasteiger partial charge in [-0.2, -0.15) is 5.10 Å². The predicted molar refractivity (Wildman–Crippen MR) is 67.0 cm³/mol. The summed E-state index contributed by atoms with van der Waals surface area (Å²) in [6.45, 7) is 1.66. The molecular weight excluding hydrogens is 214 g/mol. The highest BCUT2D eigenvalue weighted by atomic mass is 15.2. The molecule has 17 heavy (non-hydrogen) atoms. The van der Waals surface area contributed by atoms with Crippen molar-refractivity contribution in [2.24, 2.45) is 7.05 Å². The third-order valence-corrected chi connectivity index (χ3v) is 2.49. The van der Waals surface area contributed by atoms with Crippen molar-refractivity contribution in [1.82, 2.24) is 19.7 Å². The summed E-state index contributed by atoms with van der Waals surface area (Å²) < 4.78 is 1.81. The highest BCUT2D eigenvalue weighted by Gasteiger charge is 2.04. The van der Waals surface area contributed by atoms with E-state index >= 15 is 0 Å². The van der Waals surface area contributed by atoms with Crippen LogP contribution in [0.25, 0.3) is 0 Å². The van der Waals surface area contributed by atoms with E-state index in [4.69, 9.17) is 5.73 Å². The van der Waals surface area contributed by atoms with Crippen LogP contribution in [0.1, 0.15) is 11.3 Å². The smallest absolute Gasteiger partial charge is 0.0545 e. The monoisotopic (exact) mass is 231 g/mol. The molecule has 2 aromatic heterocycles. The first-order valence-corrected chi connectivity index (χ1v) is 5.50. The Kier molecular flexibility index (Phi) is 3.39. The molecule has 0 radical (unpaired) electrons. The Bertz CT molecular complexity index is 474. The van der Waals surface area contributed by atoms with E-state index in [2.05, 4.69) is 22.0 Å². The maximum atomic E-state index is 5.60. The second-order valence-corrected chi connectivity index (χ2v) is 4.28. The maximum absolute atomic E-state index is 5.60. The molecule has 0 fully saturated rings. The third-order valence-electron chi connectivity index (χ3n) is 2.49. The van der Waals surface area contributed by atoms with E-state index < -0.39 is 0 Å². The number of hydrogen-bond donors (Lipinski definition) is 1. The zero-order valence-electron chi connectivity index (χ0n) is 10.2. The van der Waals surface area contributed by atoms with Gasteiger partial charge in [-0.3, -0.25) is 14.6 Å². The number of aromatic nitrogens is 3. The van der Waals surface area contributed by atoms with Gasteiger partial charge in [0.25, 0.3) is 0 Å². The molecule has 0 aromatic carbocycles. The van der Waals surface area contributed by atoms with Crippen LogP contribution >= 0.6 is 0 Å². The molecule has 0 amide bonds. The molecule has 2 heterocycles. The predicted octanol–water partition coefficient (Wildman–Crippen LogP) is 1.03. The molecule has 0 spiro atoms. The van der Waals surface area contributed by atoms with E-state index in [1.54, 1.807) is 6.20 Å². The van der Waals surface area contributed by atoms with E-state index in [1.165, 1.54) is 5.56 Å². The molecule has 0 saturated heterocycles. The summed E-state index contributed by atoms with van der Waals surface area (Å²) in [6, 6.07) is 3.83. The molecule has 0 saturated carbocycles. The van der Waals surface area contributed by atoms with Crippen LogP contribution in [-0.2, 0) is 20.1 Å². The van der Waals surface area contributed by atoms with Crippen molar-refractivity contribution >= 4 is 5.69 Å². The lowest BCUT2D eigenvalue weighted by atomic mass is 10.3. The van der Waals surface area contributed by atoms with E-state index in [9.17, 15) is 0 Å². The Labute approximate surface area is 101 Å². The summed E-state index contributed by atoms with van der Waals surface area (Å²) in [5.74, 6) is 0. The van der Waals surface area contributed by atoms with Crippen molar-refractivity contribution < 1.29 is 0 Å². The second-order valence-electron chi connectivity index (χ2n) is 4.28. The molecule has 5 nitrogen and oxygen atoms in total. The van der Waals surface area contributed by atoms with Gasteiger partial charge in [-0.25, -0.2) is 0 Å². The van der Waals surface area contributed by atoms with Crippen molar-refractivity contribution in [2.75, 3.05) is 12.8 Å². The van der Waals surface area contributed by atoms with Crippen LogP contribution in [0.5, 0.6) is 0 Å². The molecule has 0 aliphatic heterocycles. The molecular formula is C12H17N5. The largest absolute Gasteiger partial charge is 0.397 e. The van der Waals surface area contributed by atoms with Gasteiger partial charge in [-0.15, -0.1) is 0 Å². The first-order valence-electron chi connectivity index (χ1n) is 5.50. The normalized spacial score (nSPS) is 11.0. The minimum atomic E-state index is 0.698. The number of rotatable bonds is 4. The number of hydrogen-bond acceptors (Lipinski definition) is 4. The van der Waals surface area contributed by atoms with Crippen molar-refractivity contribution in [2.45, 2.75) is 13.1 Å². The van der Waals surface area contributed by atoms with Gasteiger partial charge in [-0.1, -0.05) is 0 Å². The van der Waals surface area contributed by atoms with Crippen molar-refractivity contribution in [3.8, 4) is 0 Å². The Morgan fingerprint density at radius 1 is 1.29 bits per heavy atom. The van der Waals surface area contributed by atoms with Crippen LogP contribution in [0, 0.1) is 0 Å². The summed E-state index contributed by atoms with van der Waals surface area (Å²) >= 11 is 0. The fourth-order valence-corrected chi connectivity index (χ4v) is 1.73. The van der Waals surface area contributed by atoms with Gasteiger partial charge in [-0.05, 0) is 19.2 Å². The number of aryl methyl sites for hydroxylation is 1. The SMILES string of the molecule is CN(Cc1cnn(C)c1)Cc1ccc(N)cn1. The third kappa shape index (κ3) is 3.29. The topological polar surface area (TPSA) is 60.0 Å². The molecule has 2 N–H and O–H groups in total. The average Bonchev–Trinajstić information content (AvgIpc) is 2.67. The lowest BCUT2D eigenvalue weighted by molar-refractivity contribution is 0.315. The van der Waals surface area contributed by atoms with Gasteiger partial charge in [0.2, 0.25) is 0 Å². The quantitative estimate of drug-likeness (QED) is 0.853. The fourth-order valence-electron chi connectivity index (χ4n) is 1.73. The number of nitrogens with zero attached hydrogens (tertiary/aromatic N) is 4. The first-order chi connectivity index (χ1) is 8.13. The zero-order chi connectivity index (χ0) is 12.3. The minimum Gasteiger partial charge on any atom is -0.397 e. The lowest BCUT2D eigenvalue weighted by Crippen LogP contribution is -2.17. The van der Waals surface area contributed by atoms with Crippen molar-refractivity contribution in [1.29, 1.82) is 0 Å². The van der Waals surface area contributed by atoms with Crippen LogP contribution in [0.2, 0.25) is 0 Å². The number of nitrogens with two attached hydrogens (primary N) is 1. The van der Waals surface area contributed by atoms with Crippen LogP contribution in [0.4, 0.5) is 5.69 Å². The van der Waals surface area contributed by atoms with Crippen molar-refractivity contribution in [3.63, 3.8) is 0 Å². The minimum absolute atomic E-state index is 0.698. The molecule has 0 aliphatic carbocycles. The second kappa shape index (κ2) is 4.97. The van der Waals surface area contributed by atoms with Crippen LogP contribution in [0.3, 0.4) is 0 Å². The van der Waals surface area contributed by atoms with Gasteiger partial charge in [0.05, 0.1) is 23.8 Å². The summed E-state index contributed by atoms with van der Waals surface area (Å²) in [6.07, 6.45) is 5.59. The Morgan fingerprint density at radius 3 is 2.71 bits per heavy atom. The standard InChI is InChI=1S/C12H17N5/c1-16(7-10-5-15-17(2)8-10)9-12-4-3-11(13)6-14-12/h3-6,8H,7,9,13H2,1-2H3. The summed E-state index contributed by atoms with van der Waals surface area (Å²) in [4.78, 5) is 6.47. The molecule has 5 heteroatoms. The van der Waals surface area contributed by atoms with E-state index in [0.29, 0.717) is 5.69 Å². The summed E-state index contributed by atoms with van der Waals surface area (Å²) in [5.41, 5.74) is 8.51. The highest BCUT2D eigenvalue weighted by Crippen LogP contribution is 2.07. The number of nitrogen functional groups attached to an aromatic ring is 1. The molecule has 2 aromatic rings. The van der Waals surface area contributed by atoms with E-state index in [0.717, 1.165) is 18.8 Å². The number of anilines is 1. The van der Waals surface area contributed by atoms with Gasteiger partial charge in [0, 0.05) is 31.9 Å². The fraction of sp³-hybridized carbons (Fsp3) is 0.333. The van der Waals surface area contributed by atoms with E-state index in [1.807, 2.05) is 36.3 Å². The van der Waals surface area contributed by atoms with Gasteiger partial charge in [0.15, 0.2) is 0 Å². The molecule has 0 bridgehead atoms. The molecule has 90 valence electrons. The maximum Gasteiger partial charge on any atom is 0.0545 e. The summed E-state index contributed by atoms with van der Waals surface area (Å²) in [7, 11) is 3.98. The van der Waals surface area contributed by atoms with E-state index in [-0.39, 0.29) is 0 Å². The molecule has 2 rings (SSSR count). The van der Waals surface area contributed by atoms with Crippen LogP contribution < -0.4 is 5.73 Å². The molecule has 0 aliphatic rings. The Hall–Kier alpha value is -1.88. The lowest BCUT2D eigenvalue weighted by Gasteiger charge is -2.14. The van der Waals surface area contributed by atoms with Gasteiger partial charge in [0.1, 0.15) is 0 Å². The Balaban J connectivity index is 1.93. The molecule has 0 atom stereocenters. The Morgan fingerprint density at radius 2 is 2.12 bits per heavy atom. The van der Waals surface area contributed by atoms with Crippen LogP contribution in [-0.4, -0.2) is 26.7 Å². The molecule has 0 unspecified atom stereocenters. The average molecular weight is 231 g/mol. The summed E-state index contributed by atoms with van der Waals surface area (Å²) in [5, 5.41) is 4.15.